The van der Waals surface area contributed by atoms with Crippen molar-refractivity contribution < 1.29 is 0 Å². The number of benzene rings is 2. The average molecular weight is 306 g/mol. The van der Waals surface area contributed by atoms with E-state index in [2.05, 4.69) is 83.0 Å². The predicted octanol–water partition coefficient (Wildman–Crippen LogP) is 4.13. The largest absolute Gasteiger partial charge is 0.311 e. The Kier molecular flexibility index (Phi) is 6.01. The molecule has 1 fully saturated rings. The van der Waals surface area contributed by atoms with Gasteiger partial charge in [0.05, 0.1) is 0 Å². The van der Waals surface area contributed by atoms with Gasteiger partial charge in [-0.05, 0) is 37.1 Å². The Hall–Kier alpha value is -1.90. The summed E-state index contributed by atoms with van der Waals surface area (Å²) in [4.78, 5) is 2.61. The molecule has 2 nitrogen and oxygen atoms in total. The van der Waals surface area contributed by atoms with Gasteiger partial charge in [-0.15, -0.1) is 0 Å². The number of nitrogens with zero attached hydrogens (tertiary/aromatic N) is 1. The van der Waals surface area contributed by atoms with Crippen molar-refractivity contribution in [1.82, 2.24) is 10.2 Å². The number of rotatable bonds is 7. The summed E-state index contributed by atoms with van der Waals surface area (Å²) in [7, 11) is 0. The van der Waals surface area contributed by atoms with Crippen LogP contribution in [0.2, 0.25) is 0 Å². The Morgan fingerprint density at radius 2 is 1.57 bits per heavy atom. The van der Waals surface area contributed by atoms with Crippen LogP contribution < -0.4 is 5.32 Å². The molecule has 1 heterocycles. The van der Waals surface area contributed by atoms with Gasteiger partial charge >= 0.3 is 0 Å². The molecule has 2 heteroatoms. The van der Waals surface area contributed by atoms with Crippen molar-refractivity contribution >= 4 is 6.08 Å². The first-order valence-corrected chi connectivity index (χ1v) is 8.65. The fourth-order valence-corrected chi connectivity index (χ4v) is 3.25. The molecule has 23 heavy (non-hydrogen) atoms. The summed E-state index contributed by atoms with van der Waals surface area (Å²) < 4.78 is 0. The highest BCUT2D eigenvalue weighted by atomic mass is 15.2. The summed E-state index contributed by atoms with van der Waals surface area (Å²) in [6, 6.07) is 21.9. The monoisotopic (exact) mass is 306 g/mol. The maximum Gasteiger partial charge on any atom is 0.0472 e. The topological polar surface area (TPSA) is 15.3 Å². The molecular weight excluding hydrogens is 280 g/mol. The molecule has 120 valence electrons. The highest BCUT2D eigenvalue weighted by molar-refractivity contribution is 5.48. The molecule has 2 aromatic carbocycles. The van der Waals surface area contributed by atoms with Gasteiger partial charge in [-0.2, -0.15) is 0 Å². The minimum absolute atomic E-state index is 0.490. The van der Waals surface area contributed by atoms with Crippen LogP contribution in [0.15, 0.2) is 66.7 Å². The minimum Gasteiger partial charge on any atom is -0.311 e. The van der Waals surface area contributed by atoms with Gasteiger partial charge in [0.15, 0.2) is 0 Å². The molecule has 3 rings (SSSR count). The molecule has 1 saturated heterocycles. The highest BCUT2D eigenvalue weighted by Crippen LogP contribution is 2.24. The molecule has 1 atom stereocenters. The number of nitrogens with one attached hydrogen (secondary N) is 1. The van der Waals surface area contributed by atoms with E-state index in [1.807, 2.05) is 0 Å². The van der Waals surface area contributed by atoms with Crippen LogP contribution in [0.3, 0.4) is 0 Å². The lowest BCUT2D eigenvalue weighted by Gasteiger charge is -2.28. The zero-order valence-electron chi connectivity index (χ0n) is 13.7. The Bertz CT molecular complexity index is 586. The molecule has 0 aliphatic carbocycles. The molecule has 1 aliphatic rings. The van der Waals surface area contributed by atoms with Crippen LogP contribution in [-0.4, -0.2) is 31.1 Å². The third kappa shape index (κ3) is 4.78. The van der Waals surface area contributed by atoms with E-state index in [9.17, 15) is 0 Å². The molecular formula is C21H26N2. The lowest BCUT2D eigenvalue weighted by atomic mass is 10.1. The second kappa shape index (κ2) is 8.66. The van der Waals surface area contributed by atoms with Crippen molar-refractivity contribution in [3.05, 3.63) is 77.9 Å². The molecule has 1 unspecified atom stereocenters. The standard InChI is InChI=1S/C21H26N2/c1-3-10-19(11-4-1)12-9-15-22-18-21(23-16-7-8-17-23)20-13-5-2-6-14-20/h1-6,9-14,21-22H,7-8,15-18H2/b12-9+. The molecule has 0 amide bonds. The fourth-order valence-electron chi connectivity index (χ4n) is 3.25. The van der Waals surface area contributed by atoms with Crippen molar-refractivity contribution in [2.45, 2.75) is 18.9 Å². The molecule has 1 aliphatic heterocycles. The van der Waals surface area contributed by atoms with Crippen LogP contribution in [-0.2, 0) is 0 Å². The van der Waals surface area contributed by atoms with Gasteiger partial charge in [-0.25, -0.2) is 0 Å². The quantitative estimate of drug-likeness (QED) is 0.774. The maximum absolute atomic E-state index is 3.60. The third-order valence-corrected chi connectivity index (χ3v) is 4.48. The summed E-state index contributed by atoms with van der Waals surface area (Å²) in [5, 5.41) is 3.60. The zero-order chi connectivity index (χ0) is 15.7. The summed E-state index contributed by atoms with van der Waals surface area (Å²) in [5.41, 5.74) is 2.68. The van der Waals surface area contributed by atoms with E-state index in [4.69, 9.17) is 0 Å². The smallest absolute Gasteiger partial charge is 0.0472 e. The lowest BCUT2D eigenvalue weighted by molar-refractivity contribution is 0.240. The van der Waals surface area contributed by atoms with E-state index < -0.39 is 0 Å². The van der Waals surface area contributed by atoms with E-state index in [0.29, 0.717) is 6.04 Å². The van der Waals surface area contributed by atoms with Gasteiger partial charge in [0, 0.05) is 19.1 Å². The van der Waals surface area contributed by atoms with Gasteiger partial charge in [-0.1, -0.05) is 72.8 Å². The summed E-state index contributed by atoms with van der Waals surface area (Å²) in [5.74, 6) is 0. The van der Waals surface area contributed by atoms with E-state index in [1.54, 1.807) is 0 Å². The van der Waals surface area contributed by atoms with Crippen LogP contribution in [0.25, 0.3) is 6.08 Å². The second-order valence-corrected chi connectivity index (χ2v) is 6.14. The van der Waals surface area contributed by atoms with Crippen LogP contribution in [0.1, 0.15) is 30.0 Å². The van der Waals surface area contributed by atoms with Crippen LogP contribution >= 0.6 is 0 Å². The Balaban J connectivity index is 1.53. The van der Waals surface area contributed by atoms with Crippen molar-refractivity contribution in [3.8, 4) is 0 Å². The molecule has 0 spiro atoms. The van der Waals surface area contributed by atoms with Crippen LogP contribution in [0, 0.1) is 0 Å². The summed E-state index contributed by atoms with van der Waals surface area (Å²) >= 11 is 0. The first-order chi connectivity index (χ1) is 11.4. The van der Waals surface area contributed by atoms with Crippen molar-refractivity contribution in [2.75, 3.05) is 26.2 Å². The molecule has 0 bridgehead atoms. The van der Waals surface area contributed by atoms with E-state index >= 15 is 0 Å². The molecule has 1 N–H and O–H groups in total. The van der Waals surface area contributed by atoms with Crippen molar-refractivity contribution in [1.29, 1.82) is 0 Å². The Labute approximate surface area is 139 Å². The zero-order valence-corrected chi connectivity index (χ0v) is 13.7. The predicted molar refractivity (Wildman–Crippen MR) is 98.3 cm³/mol. The summed E-state index contributed by atoms with van der Waals surface area (Å²) in [6.07, 6.45) is 7.05. The number of hydrogen-bond acceptors (Lipinski definition) is 2. The molecule has 0 aromatic heterocycles. The van der Waals surface area contributed by atoms with E-state index in [-0.39, 0.29) is 0 Å². The lowest BCUT2D eigenvalue weighted by Crippen LogP contribution is -2.34. The Morgan fingerprint density at radius 1 is 0.913 bits per heavy atom. The van der Waals surface area contributed by atoms with Crippen molar-refractivity contribution in [3.63, 3.8) is 0 Å². The fraction of sp³-hybridized carbons (Fsp3) is 0.333. The normalized spacial score (nSPS) is 16.9. The van der Waals surface area contributed by atoms with Crippen LogP contribution in [0.5, 0.6) is 0 Å². The van der Waals surface area contributed by atoms with Gasteiger partial charge in [0.1, 0.15) is 0 Å². The maximum atomic E-state index is 3.60. The van der Waals surface area contributed by atoms with Gasteiger partial charge in [0.25, 0.3) is 0 Å². The highest BCUT2D eigenvalue weighted by Gasteiger charge is 2.22. The van der Waals surface area contributed by atoms with E-state index in [1.165, 1.54) is 37.1 Å². The molecule has 2 aromatic rings. The number of hydrogen-bond donors (Lipinski definition) is 1. The molecule has 0 radical (unpaired) electrons. The molecule has 0 saturated carbocycles. The Morgan fingerprint density at radius 3 is 2.26 bits per heavy atom. The summed E-state index contributed by atoms with van der Waals surface area (Å²) in [6.45, 7) is 4.36. The SMILES string of the molecule is C(=C\c1ccccc1)/CNCC(c1ccccc1)N1CCCC1. The van der Waals surface area contributed by atoms with E-state index in [0.717, 1.165) is 13.1 Å². The minimum atomic E-state index is 0.490. The van der Waals surface area contributed by atoms with Crippen LogP contribution in [0.4, 0.5) is 0 Å². The van der Waals surface area contributed by atoms with Gasteiger partial charge in [0.2, 0.25) is 0 Å². The first-order valence-electron chi connectivity index (χ1n) is 8.65. The second-order valence-electron chi connectivity index (χ2n) is 6.14. The first kappa shape index (κ1) is 16.0. The van der Waals surface area contributed by atoms with Crippen molar-refractivity contribution in [2.24, 2.45) is 0 Å². The third-order valence-electron chi connectivity index (χ3n) is 4.48. The van der Waals surface area contributed by atoms with Gasteiger partial charge in [-0.3, -0.25) is 4.90 Å². The number of likely N-dealkylation sites (tertiary alicyclic amines) is 1. The average Bonchev–Trinajstić information content (AvgIpc) is 3.14. The van der Waals surface area contributed by atoms with Gasteiger partial charge < -0.3 is 5.32 Å².